The first-order valence-electron chi connectivity index (χ1n) is 9.84. The number of nitrogens with zero attached hydrogens (tertiary/aromatic N) is 2. The number of para-hydroxylation sites is 1. The summed E-state index contributed by atoms with van der Waals surface area (Å²) in [5.41, 5.74) is 4.82. The topological polar surface area (TPSA) is 54.5 Å². The number of carbonyl (C=O) groups excluding carboxylic acids is 1. The number of hydrogen-bond acceptors (Lipinski definition) is 4. The Kier molecular flexibility index (Phi) is 5.58. The summed E-state index contributed by atoms with van der Waals surface area (Å²) in [4.78, 5) is 19.7. The highest BCUT2D eigenvalue weighted by Gasteiger charge is 2.30. The SMILES string of the molecule is COc1ccccc1C1CNCCN1C(=O)c1cncc(-c2ccc(C)cc2)c1. The highest BCUT2D eigenvalue weighted by molar-refractivity contribution is 5.95. The molecule has 1 aliphatic heterocycles. The number of benzene rings is 2. The average Bonchev–Trinajstić information content (AvgIpc) is 2.79. The Morgan fingerprint density at radius 2 is 1.90 bits per heavy atom. The van der Waals surface area contributed by atoms with Gasteiger partial charge in [-0.1, -0.05) is 48.0 Å². The largest absolute Gasteiger partial charge is 0.496 e. The second-order valence-electron chi connectivity index (χ2n) is 7.29. The molecule has 4 rings (SSSR count). The van der Waals surface area contributed by atoms with E-state index in [0.717, 1.165) is 29.0 Å². The van der Waals surface area contributed by atoms with Crippen molar-refractivity contribution in [2.24, 2.45) is 0 Å². The monoisotopic (exact) mass is 387 g/mol. The lowest BCUT2D eigenvalue weighted by molar-refractivity contribution is 0.0631. The molecule has 29 heavy (non-hydrogen) atoms. The molecule has 3 aromatic rings. The molecule has 1 aromatic heterocycles. The Hall–Kier alpha value is -3.18. The number of rotatable bonds is 4. The summed E-state index contributed by atoms with van der Waals surface area (Å²) in [6.07, 6.45) is 3.46. The molecule has 148 valence electrons. The van der Waals surface area contributed by atoms with Crippen molar-refractivity contribution in [3.8, 4) is 16.9 Å². The fourth-order valence-electron chi connectivity index (χ4n) is 3.79. The molecule has 2 aromatic carbocycles. The third kappa shape index (κ3) is 4.00. The summed E-state index contributed by atoms with van der Waals surface area (Å²) in [5, 5.41) is 3.40. The number of amides is 1. The normalized spacial score (nSPS) is 16.5. The van der Waals surface area contributed by atoms with Gasteiger partial charge in [-0.2, -0.15) is 0 Å². The third-order valence-electron chi connectivity index (χ3n) is 5.37. The molecule has 1 amide bonds. The minimum atomic E-state index is -0.0876. The second kappa shape index (κ2) is 8.45. The van der Waals surface area contributed by atoms with Crippen molar-refractivity contribution in [1.82, 2.24) is 15.2 Å². The van der Waals surface area contributed by atoms with E-state index in [9.17, 15) is 4.79 Å². The molecule has 1 saturated heterocycles. The number of ether oxygens (including phenoxy) is 1. The minimum Gasteiger partial charge on any atom is -0.496 e. The first-order valence-corrected chi connectivity index (χ1v) is 9.84. The number of carbonyl (C=O) groups is 1. The van der Waals surface area contributed by atoms with Crippen LogP contribution in [0.4, 0.5) is 0 Å². The minimum absolute atomic E-state index is 0.0103. The number of aryl methyl sites for hydroxylation is 1. The predicted octanol–water partition coefficient (Wildman–Crippen LogP) is 3.85. The average molecular weight is 387 g/mol. The van der Waals surface area contributed by atoms with E-state index in [0.29, 0.717) is 18.7 Å². The fourth-order valence-corrected chi connectivity index (χ4v) is 3.79. The van der Waals surface area contributed by atoms with Crippen molar-refractivity contribution < 1.29 is 9.53 Å². The van der Waals surface area contributed by atoms with Crippen LogP contribution >= 0.6 is 0 Å². The smallest absolute Gasteiger partial charge is 0.256 e. The number of nitrogens with one attached hydrogen (secondary N) is 1. The highest BCUT2D eigenvalue weighted by Crippen LogP contribution is 2.31. The summed E-state index contributed by atoms with van der Waals surface area (Å²) in [7, 11) is 1.66. The summed E-state index contributed by atoms with van der Waals surface area (Å²) in [5.74, 6) is 0.786. The van der Waals surface area contributed by atoms with Gasteiger partial charge in [0.25, 0.3) is 5.91 Å². The molecule has 0 bridgehead atoms. The van der Waals surface area contributed by atoms with Crippen LogP contribution in [-0.2, 0) is 0 Å². The van der Waals surface area contributed by atoms with Crippen molar-refractivity contribution in [2.75, 3.05) is 26.7 Å². The molecule has 2 heterocycles. The zero-order valence-corrected chi connectivity index (χ0v) is 16.8. The molecule has 0 saturated carbocycles. The lowest BCUT2D eigenvalue weighted by Gasteiger charge is -2.37. The number of piperazine rings is 1. The predicted molar refractivity (Wildman–Crippen MR) is 114 cm³/mol. The van der Waals surface area contributed by atoms with Gasteiger partial charge in [0.2, 0.25) is 0 Å². The summed E-state index contributed by atoms with van der Waals surface area (Å²) in [6.45, 7) is 4.15. The summed E-state index contributed by atoms with van der Waals surface area (Å²) in [6, 6.07) is 18.0. The third-order valence-corrected chi connectivity index (χ3v) is 5.37. The van der Waals surface area contributed by atoms with E-state index in [1.165, 1.54) is 5.56 Å². The van der Waals surface area contributed by atoms with Gasteiger partial charge in [-0.3, -0.25) is 9.78 Å². The molecule has 1 unspecified atom stereocenters. The van der Waals surface area contributed by atoms with E-state index >= 15 is 0 Å². The lowest BCUT2D eigenvalue weighted by Crippen LogP contribution is -2.48. The van der Waals surface area contributed by atoms with Gasteiger partial charge in [0, 0.05) is 43.2 Å². The molecule has 0 spiro atoms. The number of hydrogen-bond donors (Lipinski definition) is 1. The molecular formula is C24H25N3O2. The van der Waals surface area contributed by atoms with E-state index in [1.807, 2.05) is 35.2 Å². The zero-order chi connectivity index (χ0) is 20.2. The van der Waals surface area contributed by atoms with Crippen LogP contribution in [-0.4, -0.2) is 42.5 Å². The molecule has 1 atom stereocenters. The first kappa shape index (κ1) is 19.2. The van der Waals surface area contributed by atoms with E-state index < -0.39 is 0 Å². The van der Waals surface area contributed by atoms with Crippen LogP contribution < -0.4 is 10.1 Å². The van der Waals surface area contributed by atoms with Crippen LogP contribution in [0.25, 0.3) is 11.1 Å². The van der Waals surface area contributed by atoms with Crippen LogP contribution in [0.15, 0.2) is 67.0 Å². The fraction of sp³-hybridized carbons (Fsp3) is 0.250. The highest BCUT2D eigenvalue weighted by atomic mass is 16.5. The Balaban J connectivity index is 1.65. The molecule has 1 N–H and O–H groups in total. The van der Waals surface area contributed by atoms with E-state index in [1.54, 1.807) is 19.5 Å². The van der Waals surface area contributed by atoms with Crippen molar-refractivity contribution in [3.05, 3.63) is 83.7 Å². The Morgan fingerprint density at radius 3 is 2.69 bits per heavy atom. The lowest BCUT2D eigenvalue weighted by atomic mass is 10.00. The number of methoxy groups -OCH3 is 1. The van der Waals surface area contributed by atoms with Gasteiger partial charge in [-0.25, -0.2) is 0 Å². The van der Waals surface area contributed by atoms with Gasteiger partial charge in [0.05, 0.1) is 18.7 Å². The van der Waals surface area contributed by atoms with E-state index in [4.69, 9.17) is 4.74 Å². The Morgan fingerprint density at radius 1 is 1.10 bits per heavy atom. The van der Waals surface area contributed by atoms with Crippen molar-refractivity contribution in [2.45, 2.75) is 13.0 Å². The van der Waals surface area contributed by atoms with Gasteiger partial charge in [-0.05, 0) is 24.6 Å². The van der Waals surface area contributed by atoms with Gasteiger partial charge in [-0.15, -0.1) is 0 Å². The molecule has 1 aliphatic rings. The number of aromatic nitrogens is 1. The first-order chi connectivity index (χ1) is 14.2. The van der Waals surface area contributed by atoms with Crippen LogP contribution in [0.1, 0.15) is 27.5 Å². The molecule has 0 aliphatic carbocycles. The number of pyridine rings is 1. The van der Waals surface area contributed by atoms with Gasteiger partial charge in [0.15, 0.2) is 0 Å². The van der Waals surface area contributed by atoms with Gasteiger partial charge >= 0.3 is 0 Å². The standard InChI is InChI=1S/C24H25N3O2/c1-17-7-9-18(10-8-17)19-13-20(15-26-14-19)24(28)27-12-11-25-16-22(27)21-5-3-4-6-23(21)29-2/h3-10,13-15,22,25H,11-12,16H2,1-2H3. The molecule has 5 nitrogen and oxygen atoms in total. The quantitative estimate of drug-likeness (QED) is 0.739. The molecular weight excluding hydrogens is 362 g/mol. The summed E-state index contributed by atoms with van der Waals surface area (Å²) < 4.78 is 5.54. The molecule has 5 heteroatoms. The van der Waals surface area contributed by atoms with Crippen molar-refractivity contribution >= 4 is 5.91 Å². The maximum absolute atomic E-state index is 13.4. The van der Waals surface area contributed by atoms with Gasteiger partial charge in [0.1, 0.15) is 5.75 Å². The van der Waals surface area contributed by atoms with Crippen molar-refractivity contribution in [3.63, 3.8) is 0 Å². The van der Waals surface area contributed by atoms with Gasteiger partial charge < -0.3 is 15.0 Å². The Labute approximate surface area is 171 Å². The molecule has 1 fully saturated rings. The zero-order valence-electron chi connectivity index (χ0n) is 16.8. The van der Waals surface area contributed by atoms with E-state index in [-0.39, 0.29) is 11.9 Å². The second-order valence-corrected chi connectivity index (χ2v) is 7.29. The van der Waals surface area contributed by atoms with E-state index in [2.05, 4.69) is 41.5 Å². The van der Waals surface area contributed by atoms with Crippen LogP contribution in [0.2, 0.25) is 0 Å². The Bertz CT molecular complexity index is 1000. The van der Waals surface area contributed by atoms with Crippen LogP contribution in [0.3, 0.4) is 0 Å². The van der Waals surface area contributed by atoms with Crippen LogP contribution in [0.5, 0.6) is 5.75 Å². The maximum Gasteiger partial charge on any atom is 0.256 e. The maximum atomic E-state index is 13.4. The van der Waals surface area contributed by atoms with Crippen molar-refractivity contribution in [1.29, 1.82) is 0 Å². The summed E-state index contributed by atoms with van der Waals surface area (Å²) >= 11 is 0. The molecule has 0 radical (unpaired) electrons. The van der Waals surface area contributed by atoms with Crippen LogP contribution in [0, 0.1) is 6.92 Å².